The van der Waals surface area contributed by atoms with E-state index in [1.807, 2.05) is 0 Å². The molecule has 1 atom stereocenters. The quantitative estimate of drug-likeness (QED) is 0.668. The number of allylic oxidation sites excluding steroid dienone is 4. The number of hydrogen-bond donors (Lipinski definition) is 0. The summed E-state index contributed by atoms with van der Waals surface area (Å²) in [5, 5.41) is 4.53. The lowest BCUT2D eigenvalue weighted by atomic mass is 10.1. The molecule has 0 radical (unpaired) electrons. The van der Waals surface area contributed by atoms with Gasteiger partial charge in [0.25, 0.3) is 0 Å². The van der Waals surface area contributed by atoms with E-state index in [0.717, 1.165) is 0 Å². The van der Waals surface area contributed by atoms with E-state index in [1.54, 1.807) is 5.31 Å². The van der Waals surface area contributed by atoms with E-state index in [-0.39, 0.29) is 0 Å². The molecular weight excluding hydrogens is 283 g/mol. The average Bonchev–Trinajstić information content (AvgIpc) is 2.75. The molecule has 1 heteroatoms. The van der Waals surface area contributed by atoms with Crippen molar-refractivity contribution >= 4 is 18.5 Å². The van der Waals surface area contributed by atoms with Gasteiger partial charge in [0.2, 0.25) is 0 Å². The normalized spacial score (nSPS) is 18.5. The third-order valence-electron chi connectivity index (χ3n) is 4.87. The molecule has 0 nitrogen and oxygen atoms in total. The number of rotatable bonds is 3. The molecule has 0 spiro atoms. The van der Waals surface area contributed by atoms with Gasteiger partial charge in [-0.3, -0.25) is 0 Å². The SMILES string of the molecule is CC1=C(C)C(C)C(P(c2ccccc2)c2ccccc2)=C1C. The minimum absolute atomic E-state index is 0.446. The summed E-state index contributed by atoms with van der Waals surface area (Å²) < 4.78 is 0. The van der Waals surface area contributed by atoms with Crippen LogP contribution < -0.4 is 10.6 Å². The predicted octanol–water partition coefficient (Wildman–Crippen LogP) is 5.38. The summed E-state index contributed by atoms with van der Waals surface area (Å²) in [6, 6.07) is 22.0. The van der Waals surface area contributed by atoms with Gasteiger partial charge in [-0.15, -0.1) is 0 Å². The fraction of sp³-hybridized carbons (Fsp3) is 0.238. The summed E-state index contributed by atoms with van der Waals surface area (Å²) in [6.07, 6.45) is 0. The Hall–Kier alpha value is -1.65. The standard InChI is InChI=1S/C21H23P/c1-15-16(2)18(4)21(17(15)3)22(19-11-7-5-8-12-19)20-13-9-6-10-14-20/h5-14,17H,1-4H3. The highest BCUT2D eigenvalue weighted by Gasteiger charge is 2.31. The van der Waals surface area contributed by atoms with Crippen LogP contribution in [0.5, 0.6) is 0 Å². The molecule has 0 aliphatic heterocycles. The molecule has 0 amide bonds. The highest BCUT2D eigenvalue weighted by atomic mass is 31.1. The van der Waals surface area contributed by atoms with Crippen LogP contribution in [-0.2, 0) is 0 Å². The molecule has 0 saturated heterocycles. The van der Waals surface area contributed by atoms with Crippen LogP contribution in [0.4, 0.5) is 0 Å². The summed E-state index contributed by atoms with van der Waals surface area (Å²) in [5.74, 6) is 0.548. The van der Waals surface area contributed by atoms with Gasteiger partial charge in [0.15, 0.2) is 0 Å². The highest BCUT2D eigenvalue weighted by molar-refractivity contribution is 7.76. The van der Waals surface area contributed by atoms with Crippen molar-refractivity contribution in [3.8, 4) is 0 Å². The van der Waals surface area contributed by atoms with Crippen molar-refractivity contribution in [2.24, 2.45) is 5.92 Å². The predicted molar refractivity (Wildman–Crippen MR) is 99.3 cm³/mol. The minimum atomic E-state index is -0.446. The summed E-state index contributed by atoms with van der Waals surface area (Å²) in [4.78, 5) is 0. The van der Waals surface area contributed by atoms with E-state index >= 15 is 0 Å². The molecule has 1 unspecified atom stereocenters. The Morgan fingerprint density at radius 3 is 1.50 bits per heavy atom. The van der Waals surface area contributed by atoms with Crippen LogP contribution in [0.15, 0.2) is 82.7 Å². The molecule has 22 heavy (non-hydrogen) atoms. The van der Waals surface area contributed by atoms with Crippen LogP contribution in [0.1, 0.15) is 27.7 Å². The first-order chi connectivity index (χ1) is 10.6. The van der Waals surface area contributed by atoms with Crippen LogP contribution in [0.25, 0.3) is 0 Å². The Morgan fingerprint density at radius 1 is 0.682 bits per heavy atom. The number of hydrogen-bond acceptors (Lipinski definition) is 0. The summed E-state index contributed by atoms with van der Waals surface area (Å²) >= 11 is 0. The fourth-order valence-corrected chi connectivity index (χ4v) is 6.16. The van der Waals surface area contributed by atoms with Crippen LogP contribution >= 0.6 is 7.92 Å². The second-order valence-corrected chi connectivity index (χ2v) is 8.23. The molecule has 0 aromatic heterocycles. The van der Waals surface area contributed by atoms with Gasteiger partial charge in [0.1, 0.15) is 0 Å². The summed E-state index contributed by atoms with van der Waals surface area (Å²) in [6.45, 7) is 9.24. The zero-order valence-corrected chi connectivity index (χ0v) is 14.7. The highest BCUT2D eigenvalue weighted by Crippen LogP contribution is 2.54. The van der Waals surface area contributed by atoms with Crippen LogP contribution in [-0.4, -0.2) is 0 Å². The zero-order valence-electron chi connectivity index (χ0n) is 13.8. The first-order valence-electron chi connectivity index (χ1n) is 7.90. The lowest BCUT2D eigenvalue weighted by molar-refractivity contribution is 0.859. The largest absolute Gasteiger partial charge is 0.0628 e. The first kappa shape index (κ1) is 15.3. The third-order valence-corrected chi connectivity index (χ3v) is 7.70. The Bertz CT molecular complexity index is 684. The van der Waals surface area contributed by atoms with E-state index in [2.05, 4.69) is 88.4 Å². The second-order valence-electron chi connectivity index (χ2n) is 6.05. The van der Waals surface area contributed by atoms with Crippen LogP contribution in [0.2, 0.25) is 0 Å². The van der Waals surface area contributed by atoms with Crippen molar-refractivity contribution in [2.75, 3.05) is 0 Å². The molecule has 112 valence electrons. The second kappa shape index (κ2) is 6.23. The van der Waals surface area contributed by atoms with Gasteiger partial charge >= 0.3 is 0 Å². The van der Waals surface area contributed by atoms with Gasteiger partial charge in [-0.1, -0.05) is 73.2 Å². The summed E-state index contributed by atoms with van der Waals surface area (Å²) in [5.41, 5.74) is 4.53. The van der Waals surface area contributed by atoms with Gasteiger partial charge < -0.3 is 0 Å². The molecule has 1 aliphatic carbocycles. The maximum absolute atomic E-state index is 2.37. The van der Waals surface area contributed by atoms with Crippen LogP contribution in [0, 0.1) is 5.92 Å². The Kier molecular flexibility index (Phi) is 4.32. The maximum atomic E-state index is 2.37. The Labute approximate surface area is 135 Å². The van der Waals surface area contributed by atoms with Crippen molar-refractivity contribution < 1.29 is 0 Å². The first-order valence-corrected chi connectivity index (χ1v) is 9.24. The van der Waals surface area contributed by atoms with Crippen molar-refractivity contribution in [3.05, 3.63) is 82.7 Å². The van der Waals surface area contributed by atoms with Crippen molar-refractivity contribution in [1.82, 2.24) is 0 Å². The third kappa shape index (κ3) is 2.57. The van der Waals surface area contributed by atoms with Gasteiger partial charge in [-0.25, -0.2) is 0 Å². The van der Waals surface area contributed by atoms with E-state index in [9.17, 15) is 0 Å². The fourth-order valence-electron chi connectivity index (χ4n) is 3.29. The zero-order chi connectivity index (χ0) is 15.7. The Morgan fingerprint density at radius 2 is 1.14 bits per heavy atom. The van der Waals surface area contributed by atoms with E-state index in [1.165, 1.54) is 27.3 Å². The number of benzene rings is 2. The molecule has 0 N–H and O–H groups in total. The molecule has 2 aromatic carbocycles. The van der Waals surface area contributed by atoms with Crippen molar-refractivity contribution in [3.63, 3.8) is 0 Å². The lowest BCUT2D eigenvalue weighted by Gasteiger charge is -2.25. The molecule has 0 heterocycles. The van der Waals surface area contributed by atoms with Crippen LogP contribution in [0.3, 0.4) is 0 Å². The van der Waals surface area contributed by atoms with Gasteiger partial charge in [0, 0.05) is 5.92 Å². The Balaban J connectivity index is 2.17. The van der Waals surface area contributed by atoms with Gasteiger partial charge in [0.05, 0.1) is 0 Å². The van der Waals surface area contributed by atoms with E-state index < -0.39 is 7.92 Å². The van der Waals surface area contributed by atoms with Crippen molar-refractivity contribution in [2.45, 2.75) is 27.7 Å². The van der Waals surface area contributed by atoms with Gasteiger partial charge in [-0.2, -0.15) is 0 Å². The van der Waals surface area contributed by atoms with E-state index in [4.69, 9.17) is 0 Å². The minimum Gasteiger partial charge on any atom is -0.0628 e. The monoisotopic (exact) mass is 306 g/mol. The maximum Gasteiger partial charge on any atom is 0.00363 e. The van der Waals surface area contributed by atoms with Gasteiger partial charge in [-0.05, 0) is 55.8 Å². The topological polar surface area (TPSA) is 0 Å². The molecule has 0 fully saturated rings. The molecular formula is C21H23P. The lowest BCUT2D eigenvalue weighted by Crippen LogP contribution is -2.15. The molecule has 0 bridgehead atoms. The molecule has 3 rings (SSSR count). The van der Waals surface area contributed by atoms with Crippen molar-refractivity contribution in [1.29, 1.82) is 0 Å². The summed E-state index contributed by atoms with van der Waals surface area (Å²) in [7, 11) is -0.446. The molecule has 1 aliphatic rings. The molecule has 0 saturated carbocycles. The van der Waals surface area contributed by atoms with E-state index in [0.29, 0.717) is 5.92 Å². The smallest absolute Gasteiger partial charge is 0.00363 e. The molecule has 2 aromatic rings. The average molecular weight is 306 g/mol.